The van der Waals surface area contributed by atoms with Crippen LogP contribution in [0.4, 0.5) is 5.69 Å². The number of allylic oxidation sites excluding steroid dienone is 16. The fraction of sp³-hybridized carbons (Fsp3) is 0.0769. The van der Waals surface area contributed by atoms with Gasteiger partial charge in [-0.05, 0) is 136 Å². The molecule has 1 aromatic heterocycles. The number of nitrogens with zero attached hydrogens (tertiary/aromatic N) is 2. The molecule has 0 spiro atoms. The zero-order valence-corrected chi connectivity index (χ0v) is 37.5. The maximum Gasteiger partial charge on any atom is 0.0553 e. The van der Waals surface area contributed by atoms with Gasteiger partial charge in [-0.25, -0.2) is 0 Å². The third-order valence-electron chi connectivity index (χ3n) is 13.3. The predicted molar refractivity (Wildman–Crippen MR) is 286 cm³/mol. The lowest BCUT2D eigenvalue weighted by atomic mass is 9.91. The lowest BCUT2D eigenvalue weighted by Gasteiger charge is -2.33. The number of hydrogen-bond donors (Lipinski definition) is 0. The Kier molecular flexibility index (Phi) is 11.5. The van der Waals surface area contributed by atoms with E-state index in [4.69, 9.17) is 6.42 Å². The first-order valence-corrected chi connectivity index (χ1v) is 23.4. The molecule has 0 amide bonds. The number of para-hydroxylation sites is 2. The van der Waals surface area contributed by atoms with Crippen LogP contribution in [0.5, 0.6) is 0 Å². The average Bonchev–Trinajstić information content (AvgIpc) is 3.56. The van der Waals surface area contributed by atoms with E-state index >= 15 is 0 Å². The first kappa shape index (κ1) is 41.3. The molecule has 0 radical (unpaired) electrons. The maximum absolute atomic E-state index is 6.20. The van der Waals surface area contributed by atoms with Crippen LogP contribution in [0.25, 0.3) is 66.1 Å². The van der Waals surface area contributed by atoms with Gasteiger partial charge in [0.1, 0.15) is 0 Å². The van der Waals surface area contributed by atoms with E-state index in [-0.39, 0.29) is 6.04 Å². The van der Waals surface area contributed by atoms with E-state index in [9.17, 15) is 0 Å². The molecule has 0 fully saturated rings. The highest BCUT2D eigenvalue weighted by Crippen LogP contribution is 2.43. The van der Waals surface area contributed by atoms with E-state index in [1.54, 1.807) is 0 Å². The van der Waals surface area contributed by atoms with Gasteiger partial charge in [0.25, 0.3) is 0 Å². The summed E-state index contributed by atoms with van der Waals surface area (Å²) >= 11 is 0. The van der Waals surface area contributed by atoms with Crippen LogP contribution in [0.3, 0.4) is 0 Å². The Morgan fingerprint density at radius 2 is 1.36 bits per heavy atom. The zero-order chi connectivity index (χ0) is 44.9. The van der Waals surface area contributed by atoms with Crippen molar-refractivity contribution < 1.29 is 0 Å². The molecule has 0 saturated carbocycles. The molecule has 3 aliphatic carbocycles. The van der Waals surface area contributed by atoms with Crippen molar-refractivity contribution in [3.8, 4) is 40.3 Å². The molecule has 320 valence electrons. The van der Waals surface area contributed by atoms with E-state index in [1.807, 2.05) is 0 Å². The first-order chi connectivity index (χ1) is 33.2. The normalized spacial score (nSPS) is 16.7. The van der Waals surface area contributed by atoms with Crippen LogP contribution >= 0.6 is 0 Å². The van der Waals surface area contributed by atoms with Crippen LogP contribution in [0.15, 0.2) is 265 Å². The Bertz CT molecular complexity index is 3500. The van der Waals surface area contributed by atoms with Crippen molar-refractivity contribution in [2.24, 2.45) is 0 Å². The summed E-state index contributed by atoms with van der Waals surface area (Å²) in [7, 11) is 0. The smallest absolute Gasteiger partial charge is 0.0553 e. The maximum atomic E-state index is 6.20. The molecule has 2 nitrogen and oxygen atoms in total. The minimum Gasteiger partial charge on any atom is -0.335 e. The van der Waals surface area contributed by atoms with Crippen LogP contribution in [-0.2, 0) is 0 Å². The number of benzene rings is 7. The topological polar surface area (TPSA) is 8.17 Å². The van der Waals surface area contributed by atoms with E-state index in [2.05, 4.69) is 258 Å². The monoisotopic (exact) mass is 858 g/mol. The molecule has 8 aromatic rings. The molecule has 2 heteroatoms. The van der Waals surface area contributed by atoms with Gasteiger partial charge in [-0.1, -0.05) is 194 Å². The van der Waals surface area contributed by atoms with Gasteiger partial charge in [0.05, 0.1) is 17.1 Å². The van der Waals surface area contributed by atoms with Crippen molar-refractivity contribution >= 4 is 43.8 Å². The van der Waals surface area contributed by atoms with Gasteiger partial charge in [0.2, 0.25) is 0 Å². The van der Waals surface area contributed by atoms with E-state index in [1.165, 1.54) is 77.2 Å². The summed E-state index contributed by atoms with van der Waals surface area (Å²) in [6.07, 6.45) is 38.7. The van der Waals surface area contributed by atoms with Crippen molar-refractivity contribution in [1.82, 2.24) is 4.57 Å². The summed E-state index contributed by atoms with van der Waals surface area (Å²) in [5.74, 6) is 3.00. The van der Waals surface area contributed by atoms with Crippen molar-refractivity contribution in [3.05, 3.63) is 271 Å². The van der Waals surface area contributed by atoms with Crippen LogP contribution in [0, 0.1) is 12.3 Å². The molecule has 1 unspecified atom stereocenters. The molecule has 7 aromatic carbocycles. The Morgan fingerprint density at radius 1 is 0.627 bits per heavy atom. The lowest BCUT2D eigenvalue weighted by Crippen LogP contribution is -2.32. The second-order valence-corrected chi connectivity index (χ2v) is 17.4. The number of rotatable bonds is 9. The SMILES string of the molecule is C#C/C(=C\C=C1\C=CC=CC1)C1=CCCC(N(C2=CCC(c3c4ccccc4cc4c3c3ccccc3n4-c3ccccc3)=CC=C2)c2ccc(-c3cccc(-c4ccccc4)c3)cc2)C=C1. The van der Waals surface area contributed by atoms with Gasteiger partial charge in [0, 0.05) is 33.4 Å². The molecule has 3 aliphatic rings. The summed E-state index contributed by atoms with van der Waals surface area (Å²) in [5.41, 5.74) is 16.5. The molecular weight excluding hydrogens is 809 g/mol. The Hall–Kier alpha value is -8.38. The summed E-state index contributed by atoms with van der Waals surface area (Å²) in [6, 6.07) is 59.6. The summed E-state index contributed by atoms with van der Waals surface area (Å²) in [6.45, 7) is 0. The van der Waals surface area contributed by atoms with Gasteiger partial charge >= 0.3 is 0 Å². The van der Waals surface area contributed by atoms with Crippen molar-refractivity contribution in [3.63, 3.8) is 0 Å². The molecule has 0 aliphatic heterocycles. The molecule has 0 N–H and O–H groups in total. The third kappa shape index (κ3) is 8.29. The van der Waals surface area contributed by atoms with Crippen LogP contribution in [-0.4, -0.2) is 10.6 Å². The van der Waals surface area contributed by atoms with Crippen LogP contribution < -0.4 is 4.90 Å². The molecule has 0 saturated heterocycles. The number of anilines is 1. The van der Waals surface area contributed by atoms with Gasteiger partial charge in [-0.3, -0.25) is 0 Å². The van der Waals surface area contributed by atoms with Gasteiger partial charge in [0.15, 0.2) is 0 Å². The number of hydrogen-bond acceptors (Lipinski definition) is 1. The summed E-state index contributed by atoms with van der Waals surface area (Å²) in [5, 5.41) is 5.04. The van der Waals surface area contributed by atoms with E-state index in [0.29, 0.717) is 0 Å². The lowest BCUT2D eigenvalue weighted by molar-refractivity contribution is 0.697. The second-order valence-electron chi connectivity index (χ2n) is 17.4. The van der Waals surface area contributed by atoms with E-state index < -0.39 is 0 Å². The third-order valence-corrected chi connectivity index (χ3v) is 13.3. The highest BCUT2D eigenvalue weighted by molar-refractivity contribution is 6.20. The van der Waals surface area contributed by atoms with E-state index in [0.717, 1.165) is 48.2 Å². The van der Waals surface area contributed by atoms with Gasteiger partial charge in [-0.15, -0.1) is 6.42 Å². The first-order valence-electron chi connectivity index (χ1n) is 23.4. The fourth-order valence-corrected chi connectivity index (χ4v) is 10.1. The molecule has 11 rings (SSSR count). The van der Waals surface area contributed by atoms with Crippen molar-refractivity contribution in [1.29, 1.82) is 0 Å². The average molecular weight is 859 g/mol. The number of fused-ring (bicyclic) bond motifs is 4. The van der Waals surface area contributed by atoms with Crippen molar-refractivity contribution in [2.45, 2.75) is 31.7 Å². The van der Waals surface area contributed by atoms with Crippen molar-refractivity contribution in [2.75, 3.05) is 4.90 Å². The van der Waals surface area contributed by atoms with Gasteiger partial charge in [-0.2, -0.15) is 0 Å². The predicted octanol–water partition coefficient (Wildman–Crippen LogP) is 16.7. The minimum atomic E-state index is 0.0790. The molecule has 1 heterocycles. The van der Waals surface area contributed by atoms with Crippen LogP contribution in [0.2, 0.25) is 0 Å². The quantitative estimate of drug-likeness (QED) is 0.131. The Morgan fingerprint density at radius 3 is 2.15 bits per heavy atom. The second kappa shape index (κ2) is 18.6. The van der Waals surface area contributed by atoms with Crippen LogP contribution in [0.1, 0.15) is 31.2 Å². The Balaban J connectivity index is 0.991. The summed E-state index contributed by atoms with van der Waals surface area (Å²) in [4.78, 5) is 2.53. The highest BCUT2D eigenvalue weighted by atomic mass is 15.2. The molecule has 0 bridgehead atoms. The highest BCUT2D eigenvalue weighted by Gasteiger charge is 2.24. The number of aromatic nitrogens is 1. The number of terminal acetylenes is 1. The minimum absolute atomic E-state index is 0.0790. The molecule has 1 atom stereocenters. The Labute approximate surface area is 394 Å². The molecular formula is C65H50N2. The fourth-order valence-electron chi connectivity index (χ4n) is 10.1. The standard InChI is InChI=1S/C65H50N2/c1-2-48(36-35-47-19-6-3-7-20-47)50-24-17-30-57(41-37-50)66(59-42-38-51(39-43-59)54-27-16-26-53(45-54)49-21-8-4-9-22-49)58-31-18-25-52(40-44-58)64-60-32-13-12-23-55(60)46-63-65(64)61-33-14-15-34-62(61)67(63)56-28-10-5-11-29-56/h1,3-16,18-19,21-29,31-39,41-46,57H,17,20,30,40H2/b47-35-,48-36+. The summed E-state index contributed by atoms with van der Waals surface area (Å²) < 4.78 is 2.43. The largest absolute Gasteiger partial charge is 0.335 e. The zero-order valence-electron chi connectivity index (χ0n) is 37.5. The molecule has 67 heavy (non-hydrogen) atoms. The van der Waals surface area contributed by atoms with Gasteiger partial charge < -0.3 is 9.47 Å².